The highest BCUT2D eigenvalue weighted by Crippen LogP contribution is 2.20. The summed E-state index contributed by atoms with van der Waals surface area (Å²) in [7, 11) is 0. The molecule has 1 unspecified atom stereocenters. The van der Waals surface area contributed by atoms with Crippen molar-refractivity contribution in [3.05, 3.63) is 0 Å². The van der Waals surface area contributed by atoms with E-state index >= 15 is 0 Å². The predicted molar refractivity (Wildman–Crippen MR) is 58.0 cm³/mol. The molecular formula is C11H16N2O4. The largest absolute Gasteiger partial charge is 0.479 e. The molecule has 0 aromatic rings. The van der Waals surface area contributed by atoms with Crippen LogP contribution in [0.3, 0.4) is 0 Å². The van der Waals surface area contributed by atoms with Gasteiger partial charge in [-0.1, -0.05) is 6.92 Å². The van der Waals surface area contributed by atoms with Crippen LogP contribution < -0.4 is 5.32 Å². The first-order valence-electron chi connectivity index (χ1n) is 5.64. The lowest BCUT2D eigenvalue weighted by Crippen LogP contribution is -2.41. The number of rotatable bonds is 5. The third-order valence-electron chi connectivity index (χ3n) is 2.76. The van der Waals surface area contributed by atoms with Crippen LogP contribution in [0.15, 0.2) is 0 Å². The van der Waals surface area contributed by atoms with Crippen LogP contribution in [-0.4, -0.2) is 35.2 Å². The van der Waals surface area contributed by atoms with Crippen LogP contribution in [0.1, 0.15) is 32.6 Å². The number of nitrogens with one attached hydrogen (secondary N) is 1. The topological polar surface area (TPSA) is 99.4 Å². The van der Waals surface area contributed by atoms with Crippen molar-refractivity contribution in [1.29, 1.82) is 5.26 Å². The zero-order valence-corrected chi connectivity index (χ0v) is 9.68. The van der Waals surface area contributed by atoms with Gasteiger partial charge in [-0.3, -0.25) is 4.79 Å². The summed E-state index contributed by atoms with van der Waals surface area (Å²) < 4.78 is 5.11. The average molecular weight is 240 g/mol. The SMILES string of the molecule is CCC(CC#N)NC(=O)[C@@H]1CC[C@H](C(=O)O)O1. The molecular weight excluding hydrogens is 224 g/mol. The van der Waals surface area contributed by atoms with Gasteiger partial charge in [-0.05, 0) is 19.3 Å². The number of carbonyl (C=O) groups excluding carboxylic acids is 1. The number of amides is 1. The quantitative estimate of drug-likeness (QED) is 0.725. The molecule has 3 atom stereocenters. The maximum absolute atomic E-state index is 11.7. The van der Waals surface area contributed by atoms with Crippen LogP contribution in [0.4, 0.5) is 0 Å². The van der Waals surface area contributed by atoms with Gasteiger partial charge in [0, 0.05) is 6.04 Å². The fraction of sp³-hybridized carbons (Fsp3) is 0.727. The van der Waals surface area contributed by atoms with E-state index in [1.807, 2.05) is 13.0 Å². The van der Waals surface area contributed by atoms with Gasteiger partial charge in [0.2, 0.25) is 5.91 Å². The van der Waals surface area contributed by atoms with Crippen LogP contribution in [0.5, 0.6) is 0 Å². The fourth-order valence-electron chi connectivity index (χ4n) is 1.71. The Balaban J connectivity index is 2.44. The van der Waals surface area contributed by atoms with E-state index in [0.717, 1.165) is 0 Å². The molecule has 0 aromatic carbocycles. The van der Waals surface area contributed by atoms with Gasteiger partial charge in [-0.2, -0.15) is 5.26 Å². The minimum absolute atomic E-state index is 0.194. The Morgan fingerprint density at radius 3 is 2.65 bits per heavy atom. The lowest BCUT2D eigenvalue weighted by Gasteiger charge is -2.17. The number of nitrogens with zero attached hydrogens (tertiary/aromatic N) is 1. The highest BCUT2D eigenvalue weighted by molar-refractivity contribution is 5.82. The number of nitriles is 1. The second-order valence-electron chi connectivity index (χ2n) is 4.00. The summed E-state index contributed by atoms with van der Waals surface area (Å²) in [4.78, 5) is 22.4. The third kappa shape index (κ3) is 3.71. The van der Waals surface area contributed by atoms with Gasteiger partial charge in [-0.25, -0.2) is 4.79 Å². The summed E-state index contributed by atoms with van der Waals surface area (Å²) in [6, 6.07) is 1.80. The molecule has 0 aromatic heterocycles. The van der Waals surface area contributed by atoms with Crippen molar-refractivity contribution >= 4 is 11.9 Å². The average Bonchev–Trinajstić information content (AvgIpc) is 2.77. The van der Waals surface area contributed by atoms with Gasteiger partial charge in [0.15, 0.2) is 6.10 Å². The molecule has 1 rings (SSSR count). The Hall–Kier alpha value is -1.61. The molecule has 0 radical (unpaired) electrons. The first-order chi connectivity index (χ1) is 8.08. The number of carboxylic acid groups (broad SMARTS) is 1. The summed E-state index contributed by atoms with van der Waals surface area (Å²) in [5.41, 5.74) is 0. The minimum Gasteiger partial charge on any atom is -0.479 e. The van der Waals surface area contributed by atoms with Crippen LogP contribution in [0.2, 0.25) is 0 Å². The van der Waals surface area contributed by atoms with E-state index in [0.29, 0.717) is 19.3 Å². The lowest BCUT2D eigenvalue weighted by molar-refractivity contribution is -0.151. The molecule has 0 spiro atoms. The number of aliphatic carboxylic acids is 1. The van der Waals surface area contributed by atoms with Crippen LogP contribution in [0.25, 0.3) is 0 Å². The Morgan fingerprint density at radius 1 is 1.53 bits per heavy atom. The predicted octanol–water partition coefficient (Wildman–Crippen LogP) is 0.427. The molecule has 1 saturated heterocycles. The van der Waals surface area contributed by atoms with E-state index in [1.165, 1.54) is 0 Å². The van der Waals surface area contributed by atoms with Gasteiger partial charge in [0.1, 0.15) is 6.10 Å². The molecule has 94 valence electrons. The van der Waals surface area contributed by atoms with Gasteiger partial charge in [0.25, 0.3) is 0 Å². The maximum Gasteiger partial charge on any atom is 0.332 e. The van der Waals surface area contributed by atoms with Gasteiger partial charge in [0.05, 0.1) is 12.5 Å². The van der Waals surface area contributed by atoms with E-state index < -0.39 is 18.2 Å². The molecule has 1 heterocycles. The summed E-state index contributed by atoms with van der Waals surface area (Å²) in [6.07, 6.45) is 0.0746. The van der Waals surface area contributed by atoms with Crippen molar-refractivity contribution in [3.63, 3.8) is 0 Å². The second kappa shape index (κ2) is 6.21. The van der Waals surface area contributed by atoms with Crippen molar-refractivity contribution in [1.82, 2.24) is 5.32 Å². The molecule has 0 saturated carbocycles. The maximum atomic E-state index is 11.7. The summed E-state index contributed by atoms with van der Waals surface area (Å²) in [5.74, 6) is -1.36. The van der Waals surface area contributed by atoms with Crippen molar-refractivity contribution in [2.24, 2.45) is 0 Å². The van der Waals surface area contributed by atoms with E-state index in [1.54, 1.807) is 0 Å². The van der Waals surface area contributed by atoms with Gasteiger partial charge in [-0.15, -0.1) is 0 Å². The lowest BCUT2D eigenvalue weighted by atomic mass is 10.1. The Labute approximate surface area is 99.6 Å². The fourth-order valence-corrected chi connectivity index (χ4v) is 1.71. The molecule has 6 heteroatoms. The van der Waals surface area contributed by atoms with Crippen molar-refractivity contribution in [2.45, 2.75) is 50.9 Å². The van der Waals surface area contributed by atoms with Gasteiger partial charge < -0.3 is 15.2 Å². The summed E-state index contributed by atoms with van der Waals surface area (Å²) in [5, 5.41) is 20.0. The monoisotopic (exact) mass is 240 g/mol. The zero-order chi connectivity index (χ0) is 12.8. The summed E-state index contributed by atoms with van der Waals surface area (Å²) in [6.45, 7) is 1.87. The second-order valence-corrected chi connectivity index (χ2v) is 4.00. The molecule has 2 N–H and O–H groups in total. The van der Waals surface area contributed by atoms with E-state index in [-0.39, 0.29) is 18.4 Å². The molecule has 1 aliphatic rings. The molecule has 0 bridgehead atoms. The number of carboxylic acids is 1. The number of hydrogen-bond donors (Lipinski definition) is 2. The van der Waals surface area contributed by atoms with Crippen molar-refractivity contribution in [3.8, 4) is 6.07 Å². The molecule has 1 fully saturated rings. The highest BCUT2D eigenvalue weighted by atomic mass is 16.5. The first kappa shape index (κ1) is 13.5. The zero-order valence-electron chi connectivity index (χ0n) is 9.68. The van der Waals surface area contributed by atoms with E-state index in [2.05, 4.69) is 5.32 Å². The van der Waals surface area contributed by atoms with E-state index in [9.17, 15) is 9.59 Å². The van der Waals surface area contributed by atoms with Crippen molar-refractivity contribution in [2.75, 3.05) is 0 Å². The molecule has 17 heavy (non-hydrogen) atoms. The summed E-state index contributed by atoms with van der Waals surface area (Å²) >= 11 is 0. The molecule has 0 aliphatic carbocycles. The van der Waals surface area contributed by atoms with E-state index in [4.69, 9.17) is 15.1 Å². The van der Waals surface area contributed by atoms with Crippen LogP contribution >= 0.6 is 0 Å². The highest BCUT2D eigenvalue weighted by Gasteiger charge is 2.35. The number of hydrogen-bond acceptors (Lipinski definition) is 4. The Bertz CT molecular complexity index is 337. The third-order valence-corrected chi connectivity index (χ3v) is 2.76. The normalized spacial score (nSPS) is 24.9. The Morgan fingerprint density at radius 2 is 2.18 bits per heavy atom. The first-order valence-corrected chi connectivity index (χ1v) is 5.64. The van der Waals surface area contributed by atoms with Gasteiger partial charge >= 0.3 is 5.97 Å². The number of ether oxygens (including phenoxy) is 1. The smallest absolute Gasteiger partial charge is 0.332 e. The molecule has 1 amide bonds. The molecule has 6 nitrogen and oxygen atoms in total. The standard InChI is InChI=1S/C11H16N2O4/c1-2-7(5-6-12)13-10(14)8-3-4-9(17-8)11(15)16/h7-9H,2-5H2,1H3,(H,13,14)(H,15,16)/t7?,8-,9+/m0/s1. The number of carbonyl (C=O) groups is 2. The Kier molecular flexibility index (Phi) is 4.91. The molecule has 1 aliphatic heterocycles. The minimum atomic E-state index is -1.04. The van der Waals surface area contributed by atoms with Crippen LogP contribution in [-0.2, 0) is 14.3 Å². The van der Waals surface area contributed by atoms with Crippen molar-refractivity contribution < 1.29 is 19.4 Å². The van der Waals surface area contributed by atoms with Crippen LogP contribution in [0, 0.1) is 11.3 Å².